The molecule has 123 valence electrons. The minimum absolute atomic E-state index is 0.189. The van der Waals surface area contributed by atoms with Crippen molar-refractivity contribution in [3.05, 3.63) is 36.8 Å². The molecule has 1 atom stereocenters. The predicted octanol–water partition coefficient (Wildman–Crippen LogP) is 1.71. The highest BCUT2D eigenvalue weighted by Crippen LogP contribution is 2.32. The molecule has 1 saturated carbocycles. The van der Waals surface area contributed by atoms with Crippen LogP contribution in [0.25, 0.3) is 0 Å². The number of nitrogens with two attached hydrogens (primary N) is 1. The fourth-order valence-electron chi connectivity index (χ4n) is 3.01. The first kappa shape index (κ1) is 17.4. The highest BCUT2D eigenvalue weighted by atomic mass is 32.2. The van der Waals surface area contributed by atoms with E-state index in [1.807, 2.05) is 0 Å². The van der Waals surface area contributed by atoms with Gasteiger partial charge in [-0.1, -0.05) is 31.4 Å². The van der Waals surface area contributed by atoms with Gasteiger partial charge in [-0.2, -0.15) is 0 Å². The van der Waals surface area contributed by atoms with E-state index < -0.39 is 21.7 Å². The minimum atomic E-state index is -3.63. The van der Waals surface area contributed by atoms with Gasteiger partial charge in [0.25, 0.3) is 0 Å². The summed E-state index contributed by atoms with van der Waals surface area (Å²) >= 11 is 0. The molecule has 2 rings (SSSR count). The Morgan fingerprint density at radius 2 is 1.82 bits per heavy atom. The summed E-state index contributed by atoms with van der Waals surface area (Å²) in [6.45, 7) is 4.23. The van der Waals surface area contributed by atoms with Gasteiger partial charge < -0.3 is 10.8 Å². The number of aliphatic hydroxyl groups is 1. The Bertz CT molecular complexity index is 578. The molecule has 1 aliphatic rings. The molecule has 0 spiro atoms. The average Bonchev–Trinajstić information content (AvgIpc) is 2.46. The molecule has 22 heavy (non-hydrogen) atoms. The summed E-state index contributed by atoms with van der Waals surface area (Å²) in [6, 6.07) is 5.91. The van der Waals surface area contributed by atoms with Crippen molar-refractivity contribution in [1.29, 1.82) is 0 Å². The number of rotatable bonds is 6. The van der Waals surface area contributed by atoms with Gasteiger partial charge in [0.15, 0.2) is 0 Å². The lowest BCUT2D eigenvalue weighted by Gasteiger charge is -2.34. The van der Waals surface area contributed by atoms with Crippen LogP contribution in [-0.4, -0.2) is 25.2 Å². The summed E-state index contributed by atoms with van der Waals surface area (Å²) in [5.41, 5.74) is 5.59. The molecule has 0 amide bonds. The molecule has 1 aromatic rings. The van der Waals surface area contributed by atoms with Crippen LogP contribution in [0.1, 0.15) is 44.1 Å². The van der Waals surface area contributed by atoms with E-state index in [2.05, 4.69) is 11.6 Å². The molecule has 1 fully saturated rings. The molecule has 1 aliphatic carbocycles. The van der Waals surface area contributed by atoms with E-state index in [1.54, 1.807) is 12.1 Å². The largest absolute Gasteiger partial charge is 0.390 e. The van der Waals surface area contributed by atoms with Crippen LogP contribution in [0.15, 0.2) is 29.2 Å². The molecule has 1 unspecified atom stereocenters. The van der Waals surface area contributed by atoms with Crippen LogP contribution in [0, 0.1) is 6.92 Å². The summed E-state index contributed by atoms with van der Waals surface area (Å²) in [7, 11) is -3.63. The number of sulfonamides is 1. The average molecular weight is 325 g/mol. The molecule has 1 aromatic carbocycles. The second kappa shape index (κ2) is 7.08. The van der Waals surface area contributed by atoms with Gasteiger partial charge in [0.1, 0.15) is 0 Å². The van der Waals surface area contributed by atoms with E-state index in [0.29, 0.717) is 25.8 Å². The Balaban J connectivity index is 2.00. The molecule has 4 N–H and O–H groups in total. The van der Waals surface area contributed by atoms with Crippen LogP contribution >= 0.6 is 0 Å². The van der Waals surface area contributed by atoms with Crippen molar-refractivity contribution < 1.29 is 13.5 Å². The lowest BCUT2D eigenvalue weighted by Crippen LogP contribution is -2.42. The number of nitrogens with one attached hydrogen (secondary N) is 1. The fraction of sp³-hybridized carbons (Fsp3) is 0.562. The van der Waals surface area contributed by atoms with Gasteiger partial charge in [-0.05, 0) is 43.9 Å². The molecule has 0 bridgehead atoms. The zero-order valence-corrected chi connectivity index (χ0v) is 13.6. The van der Waals surface area contributed by atoms with Gasteiger partial charge in [-0.15, -0.1) is 0 Å². The monoisotopic (exact) mass is 325 g/mol. The van der Waals surface area contributed by atoms with E-state index in [9.17, 15) is 13.5 Å². The van der Waals surface area contributed by atoms with Crippen molar-refractivity contribution in [2.75, 3.05) is 0 Å². The van der Waals surface area contributed by atoms with Gasteiger partial charge in [0, 0.05) is 12.6 Å². The third-order valence-electron chi connectivity index (χ3n) is 4.20. The molecular weight excluding hydrogens is 300 g/mol. The lowest BCUT2D eigenvalue weighted by molar-refractivity contribution is -0.00724. The van der Waals surface area contributed by atoms with E-state index >= 15 is 0 Å². The smallest absolute Gasteiger partial charge is 0.240 e. The second-order valence-electron chi connectivity index (χ2n) is 6.16. The van der Waals surface area contributed by atoms with E-state index in [4.69, 9.17) is 5.73 Å². The molecule has 1 radical (unpaired) electrons. The van der Waals surface area contributed by atoms with Crippen molar-refractivity contribution in [3.8, 4) is 0 Å². The highest BCUT2D eigenvalue weighted by Gasteiger charge is 2.32. The maximum absolute atomic E-state index is 12.3. The van der Waals surface area contributed by atoms with Crippen LogP contribution in [0.3, 0.4) is 0 Å². The Hall–Kier alpha value is -0.950. The zero-order chi connectivity index (χ0) is 16.2. The Morgan fingerprint density at radius 3 is 2.36 bits per heavy atom. The fourth-order valence-corrected chi connectivity index (χ4v) is 4.16. The van der Waals surface area contributed by atoms with Crippen LogP contribution < -0.4 is 10.5 Å². The number of benzene rings is 1. The van der Waals surface area contributed by atoms with Crippen molar-refractivity contribution in [2.24, 2.45) is 5.73 Å². The molecule has 0 aromatic heterocycles. The zero-order valence-electron chi connectivity index (χ0n) is 12.8. The van der Waals surface area contributed by atoms with E-state index in [1.165, 1.54) is 12.1 Å². The standard InChI is InChI=1S/C16H25N2O3S/c1-13(11-16(19)9-3-2-4-10-16)18-22(20,21)15-7-5-14(12-17)6-8-15/h5-8,13,18-19H,1-4,9-12,17H2. The summed E-state index contributed by atoms with van der Waals surface area (Å²) in [5.74, 6) is 0. The third kappa shape index (κ3) is 4.52. The Morgan fingerprint density at radius 1 is 1.23 bits per heavy atom. The molecule has 0 saturated heterocycles. The highest BCUT2D eigenvalue weighted by molar-refractivity contribution is 7.89. The van der Waals surface area contributed by atoms with Crippen molar-refractivity contribution in [1.82, 2.24) is 4.72 Å². The van der Waals surface area contributed by atoms with Gasteiger partial charge in [0.05, 0.1) is 10.5 Å². The first-order chi connectivity index (χ1) is 10.3. The number of hydrogen-bond acceptors (Lipinski definition) is 4. The summed E-state index contributed by atoms with van der Waals surface area (Å²) < 4.78 is 27.2. The Kier molecular flexibility index (Phi) is 5.60. The van der Waals surface area contributed by atoms with Crippen LogP contribution in [0.2, 0.25) is 0 Å². The van der Waals surface area contributed by atoms with E-state index in [-0.39, 0.29) is 4.90 Å². The van der Waals surface area contributed by atoms with Gasteiger partial charge in [-0.25, -0.2) is 13.1 Å². The predicted molar refractivity (Wildman–Crippen MR) is 86.5 cm³/mol. The van der Waals surface area contributed by atoms with Gasteiger partial charge >= 0.3 is 0 Å². The normalized spacial score (nSPS) is 19.8. The van der Waals surface area contributed by atoms with E-state index in [0.717, 1.165) is 24.8 Å². The van der Waals surface area contributed by atoms with Crippen LogP contribution in [-0.2, 0) is 16.6 Å². The number of hydrogen-bond donors (Lipinski definition) is 3. The van der Waals surface area contributed by atoms with Crippen molar-refractivity contribution in [3.63, 3.8) is 0 Å². The Labute approximate surface area is 133 Å². The quantitative estimate of drug-likeness (QED) is 0.742. The van der Waals surface area contributed by atoms with Gasteiger partial charge in [0.2, 0.25) is 10.0 Å². The molecular formula is C16H25N2O3S. The minimum Gasteiger partial charge on any atom is -0.390 e. The molecule has 0 aliphatic heterocycles. The first-order valence-electron chi connectivity index (χ1n) is 7.71. The third-order valence-corrected chi connectivity index (χ3v) is 5.74. The topological polar surface area (TPSA) is 92.4 Å². The van der Waals surface area contributed by atoms with Crippen LogP contribution in [0.5, 0.6) is 0 Å². The molecule has 6 heteroatoms. The summed E-state index contributed by atoms with van der Waals surface area (Å²) in [6.07, 6.45) is 4.86. The second-order valence-corrected chi connectivity index (χ2v) is 7.87. The summed E-state index contributed by atoms with van der Waals surface area (Å²) in [5, 5.41) is 10.5. The van der Waals surface area contributed by atoms with Crippen LogP contribution in [0.4, 0.5) is 0 Å². The van der Waals surface area contributed by atoms with Crippen molar-refractivity contribution >= 4 is 10.0 Å². The maximum atomic E-state index is 12.3. The maximum Gasteiger partial charge on any atom is 0.240 e. The van der Waals surface area contributed by atoms with Gasteiger partial charge in [-0.3, -0.25) is 0 Å². The first-order valence-corrected chi connectivity index (χ1v) is 9.20. The summed E-state index contributed by atoms with van der Waals surface area (Å²) in [4.78, 5) is 0.189. The SMILES string of the molecule is [CH2]C(CC1(O)CCCCC1)NS(=O)(=O)c1ccc(CN)cc1. The lowest BCUT2D eigenvalue weighted by atomic mass is 9.81. The molecule has 5 nitrogen and oxygen atoms in total. The molecule has 0 heterocycles. The van der Waals surface area contributed by atoms with Crippen molar-refractivity contribution in [2.45, 2.75) is 61.6 Å².